The minimum atomic E-state index is -0.516. The van der Waals surface area contributed by atoms with Crippen LogP contribution in [0, 0.1) is 12.7 Å². The van der Waals surface area contributed by atoms with Gasteiger partial charge in [-0.05, 0) is 44.0 Å². The van der Waals surface area contributed by atoms with Gasteiger partial charge in [0.25, 0.3) is 11.8 Å². The van der Waals surface area contributed by atoms with Crippen molar-refractivity contribution < 1.29 is 23.5 Å². The minimum Gasteiger partial charge on any atom is -0.507 e. The molecule has 9 heteroatoms. The molecule has 2 N–H and O–H groups in total. The lowest BCUT2D eigenvalue weighted by Gasteiger charge is -2.35. The van der Waals surface area contributed by atoms with E-state index in [0.29, 0.717) is 61.7 Å². The highest BCUT2D eigenvalue weighted by molar-refractivity contribution is 6.07. The van der Waals surface area contributed by atoms with Crippen molar-refractivity contribution in [3.63, 3.8) is 0 Å². The van der Waals surface area contributed by atoms with E-state index in [9.17, 15) is 19.1 Å². The zero-order valence-electron chi connectivity index (χ0n) is 20.0. The fourth-order valence-corrected chi connectivity index (χ4v) is 4.83. The number of halogens is 1. The molecule has 8 nitrogen and oxygen atoms in total. The number of phenols is 1. The summed E-state index contributed by atoms with van der Waals surface area (Å²) in [5, 5.41) is 14.2. The highest BCUT2D eigenvalue weighted by Gasteiger charge is 2.32. The van der Waals surface area contributed by atoms with E-state index >= 15 is 0 Å². The molecule has 1 aliphatic heterocycles. The molecule has 2 heterocycles. The Morgan fingerprint density at radius 1 is 1.03 bits per heavy atom. The molecule has 5 rings (SSSR count). The number of piperazine rings is 1. The molecule has 0 unspecified atom stereocenters. The minimum absolute atomic E-state index is 0.123. The van der Waals surface area contributed by atoms with E-state index in [1.165, 1.54) is 18.2 Å². The van der Waals surface area contributed by atoms with Gasteiger partial charge in [-0.1, -0.05) is 24.3 Å². The van der Waals surface area contributed by atoms with Crippen LogP contribution in [0.15, 0.2) is 58.0 Å². The number of anilines is 1. The van der Waals surface area contributed by atoms with Crippen LogP contribution in [0.3, 0.4) is 0 Å². The monoisotopic (exact) mass is 490 g/mol. The SMILES string of the molecule is Cc1c(C(=O)N2CCN(c3ccccc3F)CC2)oc2c1/C(=N/NC(=O)c1ccccc1O)CCC2. The molecule has 2 aromatic carbocycles. The van der Waals surface area contributed by atoms with Gasteiger partial charge in [0.1, 0.15) is 17.3 Å². The largest absolute Gasteiger partial charge is 0.507 e. The van der Waals surface area contributed by atoms with Gasteiger partial charge in [0, 0.05) is 43.7 Å². The lowest BCUT2D eigenvalue weighted by molar-refractivity contribution is 0.0711. The second-order valence-electron chi connectivity index (χ2n) is 8.96. The van der Waals surface area contributed by atoms with E-state index in [4.69, 9.17) is 4.42 Å². The number of aryl methyl sites for hydroxylation is 1. The average molecular weight is 491 g/mol. The number of hydrogen-bond donors (Lipinski definition) is 2. The summed E-state index contributed by atoms with van der Waals surface area (Å²) >= 11 is 0. The maximum absolute atomic E-state index is 14.2. The van der Waals surface area contributed by atoms with Crippen molar-refractivity contribution in [1.29, 1.82) is 0 Å². The molecule has 2 aliphatic rings. The third kappa shape index (κ3) is 4.44. The lowest BCUT2D eigenvalue weighted by Crippen LogP contribution is -2.49. The molecule has 1 aliphatic carbocycles. The van der Waals surface area contributed by atoms with Gasteiger partial charge >= 0.3 is 0 Å². The van der Waals surface area contributed by atoms with Gasteiger partial charge in [0.05, 0.1) is 17.0 Å². The Labute approximate surface area is 208 Å². The number of hydrogen-bond acceptors (Lipinski definition) is 6. The number of fused-ring (bicyclic) bond motifs is 1. The first-order valence-electron chi connectivity index (χ1n) is 12.0. The number of furan rings is 1. The van der Waals surface area contributed by atoms with Crippen molar-refractivity contribution in [1.82, 2.24) is 10.3 Å². The number of nitrogens with one attached hydrogen (secondary N) is 1. The average Bonchev–Trinajstić information content (AvgIpc) is 3.24. The predicted octanol–water partition coefficient (Wildman–Crippen LogP) is 3.87. The van der Waals surface area contributed by atoms with Crippen LogP contribution >= 0.6 is 0 Å². The van der Waals surface area contributed by atoms with Crippen LogP contribution in [0.2, 0.25) is 0 Å². The first kappa shape index (κ1) is 23.6. The summed E-state index contributed by atoms with van der Waals surface area (Å²) in [5.74, 6) is -0.149. The van der Waals surface area contributed by atoms with E-state index in [2.05, 4.69) is 10.5 Å². The number of nitrogens with zero attached hydrogens (tertiary/aromatic N) is 3. The van der Waals surface area contributed by atoms with Crippen LogP contribution in [0.25, 0.3) is 0 Å². The molecule has 1 fully saturated rings. The molecule has 0 atom stereocenters. The molecular formula is C27H27FN4O4. The highest BCUT2D eigenvalue weighted by Crippen LogP contribution is 2.31. The number of para-hydroxylation sites is 2. The van der Waals surface area contributed by atoms with E-state index in [-0.39, 0.29) is 28.8 Å². The van der Waals surface area contributed by atoms with E-state index in [0.717, 1.165) is 12.0 Å². The molecule has 3 aromatic rings. The fraction of sp³-hybridized carbons (Fsp3) is 0.296. The zero-order chi connectivity index (χ0) is 25.2. The maximum Gasteiger partial charge on any atom is 0.289 e. The number of carbonyl (C=O) groups is 2. The van der Waals surface area contributed by atoms with Gasteiger partial charge in [-0.2, -0.15) is 5.10 Å². The molecule has 0 radical (unpaired) electrons. The van der Waals surface area contributed by atoms with Crippen molar-refractivity contribution in [3.8, 4) is 5.75 Å². The van der Waals surface area contributed by atoms with Gasteiger partial charge in [-0.3, -0.25) is 9.59 Å². The summed E-state index contributed by atoms with van der Waals surface area (Å²) in [6.45, 7) is 3.79. The van der Waals surface area contributed by atoms with Gasteiger partial charge in [-0.25, -0.2) is 9.82 Å². The number of phenolic OH excluding ortho intramolecular Hbond substituents is 1. The molecule has 186 valence electrons. The maximum atomic E-state index is 14.2. The third-order valence-corrected chi connectivity index (χ3v) is 6.72. The van der Waals surface area contributed by atoms with E-state index < -0.39 is 5.91 Å². The summed E-state index contributed by atoms with van der Waals surface area (Å²) < 4.78 is 20.2. The van der Waals surface area contributed by atoms with Crippen molar-refractivity contribution in [3.05, 3.63) is 82.6 Å². The Balaban J connectivity index is 1.31. The van der Waals surface area contributed by atoms with Gasteiger partial charge in [0.2, 0.25) is 0 Å². The summed E-state index contributed by atoms with van der Waals surface area (Å²) in [4.78, 5) is 29.5. The number of amides is 2. The molecule has 0 bridgehead atoms. The standard InChI is InChI=1S/C27H27FN4O4/c1-17-24-20(29-30-26(34)18-7-2-5-11-22(18)33)9-6-12-23(24)36-25(17)27(35)32-15-13-31(14-16-32)21-10-4-3-8-19(21)28/h2-5,7-8,10-11,33H,6,9,12-16H2,1H3,(H,30,34)/b29-20+. The van der Waals surface area contributed by atoms with Crippen LogP contribution in [0.5, 0.6) is 5.75 Å². The van der Waals surface area contributed by atoms with Crippen LogP contribution < -0.4 is 10.3 Å². The van der Waals surface area contributed by atoms with Crippen LogP contribution in [0.1, 0.15) is 50.6 Å². The second kappa shape index (κ2) is 9.85. The number of aromatic hydroxyl groups is 1. The zero-order valence-corrected chi connectivity index (χ0v) is 20.0. The van der Waals surface area contributed by atoms with Crippen molar-refractivity contribution in [2.45, 2.75) is 26.2 Å². The Kier molecular flexibility index (Phi) is 6.45. The number of carbonyl (C=O) groups excluding carboxylic acids is 2. The highest BCUT2D eigenvalue weighted by atomic mass is 19.1. The van der Waals surface area contributed by atoms with Crippen LogP contribution in [-0.2, 0) is 6.42 Å². The Hall–Kier alpha value is -4.14. The Morgan fingerprint density at radius 2 is 1.75 bits per heavy atom. The molecule has 1 aromatic heterocycles. The summed E-state index contributed by atoms with van der Waals surface area (Å²) in [6, 6.07) is 12.9. The molecule has 36 heavy (non-hydrogen) atoms. The van der Waals surface area contributed by atoms with Crippen molar-refractivity contribution >= 4 is 23.2 Å². The van der Waals surface area contributed by atoms with Gasteiger partial charge < -0.3 is 19.3 Å². The number of hydrazone groups is 1. The summed E-state index contributed by atoms with van der Waals surface area (Å²) in [7, 11) is 0. The molecular weight excluding hydrogens is 463 g/mol. The lowest BCUT2D eigenvalue weighted by atomic mass is 9.93. The van der Waals surface area contributed by atoms with Crippen LogP contribution in [0.4, 0.5) is 10.1 Å². The summed E-state index contributed by atoms with van der Waals surface area (Å²) in [5.41, 5.74) is 5.29. The van der Waals surface area contributed by atoms with Crippen molar-refractivity contribution in [2.24, 2.45) is 5.10 Å². The molecule has 2 amide bonds. The molecule has 1 saturated heterocycles. The number of benzene rings is 2. The molecule has 0 spiro atoms. The molecule has 0 saturated carbocycles. The van der Waals surface area contributed by atoms with Crippen molar-refractivity contribution in [2.75, 3.05) is 31.1 Å². The predicted molar refractivity (Wildman–Crippen MR) is 133 cm³/mol. The first-order chi connectivity index (χ1) is 17.4. The van der Waals surface area contributed by atoms with Crippen LogP contribution in [-0.4, -0.2) is 53.7 Å². The smallest absolute Gasteiger partial charge is 0.289 e. The first-order valence-corrected chi connectivity index (χ1v) is 12.0. The summed E-state index contributed by atoms with van der Waals surface area (Å²) in [6.07, 6.45) is 2.08. The van der Waals surface area contributed by atoms with Gasteiger partial charge in [0.15, 0.2) is 5.76 Å². The Morgan fingerprint density at radius 3 is 2.50 bits per heavy atom. The third-order valence-electron chi connectivity index (χ3n) is 6.72. The number of rotatable bonds is 4. The van der Waals surface area contributed by atoms with E-state index in [1.54, 1.807) is 35.2 Å². The quantitative estimate of drug-likeness (QED) is 0.541. The van der Waals surface area contributed by atoms with Gasteiger partial charge in [-0.15, -0.1) is 0 Å². The normalized spacial score (nSPS) is 16.7. The Bertz CT molecular complexity index is 1340. The fourth-order valence-electron chi connectivity index (χ4n) is 4.83. The second-order valence-corrected chi connectivity index (χ2v) is 8.96. The van der Waals surface area contributed by atoms with E-state index in [1.807, 2.05) is 11.8 Å². The topological polar surface area (TPSA) is 98.4 Å².